The third-order valence-corrected chi connectivity index (χ3v) is 5.93. The van der Waals surface area contributed by atoms with Crippen LogP contribution < -0.4 is 15.6 Å². The molecule has 0 aliphatic heterocycles. The Morgan fingerprint density at radius 3 is 2.61 bits per heavy atom. The molecule has 1 unspecified atom stereocenters. The highest BCUT2D eigenvalue weighted by Gasteiger charge is 2.30. The van der Waals surface area contributed by atoms with E-state index in [9.17, 15) is 9.59 Å². The van der Waals surface area contributed by atoms with Gasteiger partial charge in [-0.2, -0.15) is 0 Å². The molecule has 0 saturated heterocycles. The van der Waals surface area contributed by atoms with Crippen LogP contribution in [0, 0.1) is 6.92 Å². The summed E-state index contributed by atoms with van der Waals surface area (Å²) in [5, 5.41) is 5.58. The molecule has 0 bridgehead atoms. The first-order valence-electron chi connectivity index (χ1n) is 9.30. The van der Waals surface area contributed by atoms with Gasteiger partial charge in [-0.05, 0) is 52.6 Å². The number of rotatable bonds is 7. The largest absolute Gasteiger partial charge is 0.442 e. The lowest BCUT2D eigenvalue weighted by atomic mass is 10.1. The van der Waals surface area contributed by atoms with Crippen LogP contribution in [-0.2, 0) is 11.2 Å². The topological polar surface area (TPSA) is 79.0 Å². The Hall–Kier alpha value is -2.80. The molecule has 1 atom stereocenters. The number of anilines is 1. The molecule has 0 aliphatic carbocycles. The average Bonchev–Trinajstić information content (AvgIpc) is 3.08. The van der Waals surface area contributed by atoms with Gasteiger partial charge in [0.2, 0.25) is 11.6 Å². The number of aryl methyl sites for hydroxylation is 2. The van der Waals surface area contributed by atoms with Crippen LogP contribution in [0.2, 0.25) is 0 Å². The van der Waals surface area contributed by atoms with Crippen LogP contribution in [0.3, 0.4) is 0 Å². The van der Waals surface area contributed by atoms with Crippen LogP contribution in [0.5, 0.6) is 0 Å². The average molecular weight is 399 g/mol. The monoisotopic (exact) mass is 398 g/mol. The number of amides is 1. The van der Waals surface area contributed by atoms with E-state index < -0.39 is 10.9 Å². The summed E-state index contributed by atoms with van der Waals surface area (Å²) < 4.78 is 6.54. The summed E-state index contributed by atoms with van der Waals surface area (Å²) in [6, 6.07) is 15.3. The number of hydrogen-bond acceptors (Lipinski definition) is 4. The number of benzene rings is 2. The van der Waals surface area contributed by atoms with E-state index in [1.54, 1.807) is 4.68 Å². The van der Waals surface area contributed by atoms with Crippen LogP contribution in [0.1, 0.15) is 31.4 Å². The first-order valence-corrected chi connectivity index (χ1v) is 10.2. The van der Waals surface area contributed by atoms with Gasteiger partial charge in [0, 0.05) is 17.8 Å². The van der Waals surface area contributed by atoms with E-state index in [4.69, 9.17) is 4.52 Å². The summed E-state index contributed by atoms with van der Waals surface area (Å²) in [6.45, 7) is 5.97. The molecule has 28 heavy (non-hydrogen) atoms. The Morgan fingerprint density at radius 2 is 1.93 bits per heavy atom. The Balaban J connectivity index is 1.85. The number of nitrogens with one attached hydrogen (secondary N) is 2. The standard InChI is InChI=1S/C21H23N3O3S/c1-4-15-11-9-10-14(3)18(15)22-19(25)17(5-2)28-20-21(26)27-23-24(20)16-12-7-6-8-13-16/h6-13,17H,4-5H2,1-3H3,(H-,22,23,25,26)/p+1. The molecule has 0 fully saturated rings. The van der Waals surface area contributed by atoms with Crippen LogP contribution in [0.25, 0.3) is 5.69 Å². The molecule has 7 heteroatoms. The first-order chi connectivity index (χ1) is 13.5. The Morgan fingerprint density at radius 1 is 1.18 bits per heavy atom. The van der Waals surface area contributed by atoms with Gasteiger partial charge in [-0.1, -0.05) is 50.2 Å². The van der Waals surface area contributed by atoms with Gasteiger partial charge in [0.15, 0.2) is 0 Å². The molecule has 2 aromatic carbocycles. The summed E-state index contributed by atoms with van der Waals surface area (Å²) in [5.74, 6) is -0.128. The SMILES string of the molecule is CCc1cccc(C)c1NC(=O)C(CC)Sc1c(=O)o[nH][n+]1-c1ccccc1. The maximum atomic E-state index is 13.0. The van der Waals surface area contributed by atoms with Crippen LogP contribution >= 0.6 is 11.8 Å². The van der Waals surface area contributed by atoms with E-state index in [1.165, 1.54) is 11.8 Å². The summed E-state index contributed by atoms with van der Waals surface area (Å²) in [4.78, 5) is 25.2. The minimum absolute atomic E-state index is 0.128. The van der Waals surface area contributed by atoms with Crippen molar-refractivity contribution in [2.45, 2.75) is 43.9 Å². The molecule has 0 saturated carbocycles. The van der Waals surface area contributed by atoms with Gasteiger partial charge in [-0.3, -0.25) is 9.32 Å². The van der Waals surface area contributed by atoms with Crippen molar-refractivity contribution in [2.24, 2.45) is 0 Å². The number of carbonyl (C=O) groups excluding carboxylic acids is 1. The van der Waals surface area contributed by atoms with Crippen molar-refractivity contribution in [3.8, 4) is 5.69 Å². The second kappa shape index (κ2) is 8.93. The van der Waals surface area contributed by atoms with Gasteiger partial charge in [0.25, 0.3) is 0 Å². The van der Waals surface area contributed by atoms with Gasteiger partial charge in [0.1, 0.15) is 0 Å². The predicted octanol–water partition coefficient (Wildman–Crippen LogP) is 3.62. The number of carbonyl (C=O) groups is 1. The first kappa shape index (κ1) is 19.9. The van der Waals surface area contributed by atoms with Crippen LogP contribution in [0.4, 0.5) is 5.69 Å². The molecule has 0 aliphatic rings. The van der Waals surface area contributed by atoms with E-state index in [0.29, 0.717) is 11.4 Å². The second-order valence-corrected chi connectivity index (χ2v) is 7.61. The van der Waals surface area contributed by atoms with Crippen molar-refractivity contribution in [1.82, 2.24) is 5.27 Å². The molecular weight excluding hydrogens is 374 g/mol. The Bertz CT molecular complexity index is 1010. The summed E-state index contributed by atoms with van der Waals surface area (Å²) >= 11 is 1.20. The van der Waals surface area contributed by atoms with Crippen molar-refractivity contribution in [2.75, 3.05) is 5.32 Å². The molecule has 1 aromatic heterocycles. The molecule has 0 radical (unpaired) electrons. The van der Waals surface area contributed by atoms with Crippen molar-refractivity contribution in [1.29, 1.82) is 0 Å². The van der Waals surface area contributed by atoms with E-state index in [1.807, 2.05) is 62.4 Å². The number of nitrogens with zero attached hydrogens (tertiary/aromatic N) is 1. The zero-order valence-corrected chi connectivity index (χ0v) is 17.0. The Labute approximate surface area is 167 Å². The molecule has 0 spiro atoms. The molecule has 1 amide bonds. The lowest BCUT2D eigenvalue weighted by molar-refractivity contribution is -0.704. The lowest BCUT2D eigenvalue weighted by Gasteiger charge is -2.16. The fraction of sp³-hybridized carbons (Fsp3) is 0.286. The molecular formula is C21H24N3O3S+. The van der Waals surface area contributed by atoms with Gasteiger partial charge in [0.05, 0.1) is 5.25 Å². The molecule has 1 heterocycles. The van der Waals surface area contributed by atoms with E-state index in [2.05, 4.69) is 17.5 Å². The third-order valence-electron chi connectivity index (χ3n) is 4.53. The summed E-state index contributed by atoms with van der Waals surface area (Å²) in [6.07, 6.45) is 1.40. The minimum Gasteiger partial charge on any atom is -0.325 e. The number of para-hydroxylation sites is 2. The quantitative estimate of drug-likeness (QED) is 0.471. The van der Waals surface area contributed by atoms with Crippen LogP contribution in [0.15, 0.2) is 62.9 Å². The fourth-order valence-electron chi connectivity index (χ4n) is 2.97. The smallest absolute Gasteiger partial charge is 0.325 e. The van der Waals surface area contributed by atoms with E-state index in [0.717, 1.165) is 28.9 Å². The number of H-pyrrole nitrogens is 1. The minimum atomic E-state index is -0.495. The van der Waals surface area contributed by atoms with Crippen molar-refractivity contribution < 1.29 is 14.0 Å². The van der Waals surface area contributed by atoms with Gasteiger partial charge < -0.3 is 5.32 Å². The van der Waals surface area contributed by atoms with Crippen LogP contribution in [-0.4, -0.2) is 16.4 Å². The van der Waals surface area contributed by atoms with Gasteiger partial charge >= 0.3 is 10.7 Å². The Kier molecular flexibility index (Phi) is 6.36. The molecule has 2 N–H and O–H groups in total. The fourth-order valence-corrected chi connectivity index (χ4v) is 3.96. The third kappa shape index (κ3) is 4.20. The maximum Gasteiger partial charge on any atom is 0.442 e. The van der Waals surface area contributed by atoms with Crippen molar-refractivity contribution in [3.63, 3.8) is 0 Å². The molecule has 3 aromatic rings. The maximum absolute atomic E-state index is 13.0. The number of hydrogen-bond donors (Lipinski definition) is 2. The zero-order valence-electron chi connectivity index (χ0n) is 16.2. The molecule has 6 nitrogen and oxygen atoms in total. The summed E-state index contributed by atoms with van der Waals surface area (Å²) in [7, 11) is 0. The van der Waals surface area contributed by atoms with Gasteiger partial charge in [-0.15, -0.1) is 0 Å². The number of aromatic nitrogens is 2. The zero-order chi connectivity index (χ0) is 20.1. The van der Waals surface area contributed by atoms with E-state index in [-0.39, 0.29) is 5.91 Å². The molecule has 3 rings (SSSR count). The second-order valence-electron chi connectivity index (χ2n) is 6.42. The highest BCUT2D eigenvalue weighted by Crippen LogP contribution is 2.26. The number of thioether (sulfide) groups is 1. The van der Waals surface area contributed by atoms with Crippen molar-refractivity contribution in [3.05, 3.63) is 70.1 Å². The number of aromatic amines is 1. The van der Waals surface area contributed by atoms with E-state index >= 15 is 0 Å². The summed E-state index contributed by atoms with van der Waals surface area (Å²) in [5.41, 5.74) is 3.23. The highest BCUT2D eigenvalue weighted by atomic mass is 32.2. The van der Waals surface area contributed by atoms with Gasteiger partial charge in [-0.25, -0.2) is 4.79 Å². The predicted molar refractivity (Wildman–Crippen MR) is 110 cm³/mol. The van der Waals surface area contributed by atoms with Crippen molar-refractivity contribution >= 4 is 23.4 Å². The normalized spacial score (nSPS) is 12.0. The molecule has 146 valence electrons. The highest BCUT2D eigenvalue weighted by molar-refractivity contribution is 8.00. The lowest BCUT2D eigenvalue weighted by Crippen LogP contribution is -2.37.